The fourth-order valence-corrected chi connectivity index (χ4v) is 6.21. The number of aromatic nitrogens is 3. The Morgan fingerprint density at radius 3 is 2.38 bits per heavy atom. The summed E-state index contributed by atoms with van der Waals surface area (Å²) in [5, 5.41) is 3.51. The SMILES string of the molecule is CN(C)S(=O)(=O)C1CCN(c2cccc(Cn3cc(-c4nc(-c5ccc(OC(F)(F)F)cc5)no4)ccc3=O)c2)CC1. The van der Waals surface area contributed by atoms with Crippen molar-refractivity contribution in [3.8, 4) is 28.6 Å². The van der Waals surface area contributed by atoms with E-state index in [1.165, 1.54) is 27.1 Å². The number of ether oxygens (including phenoxy) is 1. The lowest BCUT2D eigenvalue weighted by atomic mass is 10.1. The van der Waals surface area contributed by atoms with Gasteiger partial charge in [-0.1, -0.05) is 17.3 Å². The van der Waals surface area contributed by atoms with E-state index in [9.17, 15) is 26.4 Å². The maximum absolute atomic E-state index is 12.7. The van der Waals surface area contributed by atoms with Crippen LogP contribution < -0.4 is 15.2 Å². The second-order valence-corrected chi connectivity index (χ2v) is 12.5. The van der Waals surface area contributed by atoms with E-state index in [0.717, 1.165) is 23.4 Å². The first-order chi connectivity index (χ1) is 19.9. The number of alkyl halides is 3. The van der Waals surface area contributed by atoms with Crippen molar-refractivity contribution in [1.82, 2.24) is 19.0 Å². The highest BCUT2D eigenvalue weighted by Gasteiger charge is 2.32. The number of benzene rings is 2. The Hall–Kier alpha value is -4.17. The predicted octanol–water partition coefficient (Wildman–Crippen LogP) is 4.37. The molecule has 42 heavy (non-hydrogen) atoms. The van der Waals surface area contributed by atoms with Gasteiger partial charge in [-0.2, -0.15) is 4.98 Å². The summed E-state index contributed by atoms with van der Waals surface area (Å²) >= 11 is 0. The highest BCUT2D eigenvalue weighted by molar-refractivity contribution is 7.89. The number of hydrogen-bond acceptors (Lipinski definition) is 8. The first-order valence-corrected chi connectivity index (χ1v) is 14.6. The van der Waals surface area contributed by atoms with Crippen LogP contribution in [0, 0.1) is 0 Å². The van der Waals surface area contributed by atoms with E-state index >= 15 is 0 Å². The van der Waals surface area contributed by atoms with E-state index in [1.807, 2.05) is 24.3 Å². The molecule has 1 fully saturated rings. The molecule has 222 valence electrons. The van der Waals surface area contributed by atoms with Gasteiger partial charge in [-0.25, -0.2) is 12.7 Å². The van der Waals surface area contributed by atoms with Crippen LogP contribution in [0.15, 0.2) is 76.2 Å². The van der Waals surface area contributed by atoms with Gasteiger partial charge in [0.15, 0.2) is 0 Å². The molecule has 0 amide bonds. The molecule has 0 bridgehead atoms. The first-order valence-electron chi connectivity index (χ1n) is 13.0. The van der Waals surface area contributed by atoms with Gasteiger partial charge in [0.05, 0.1) is 17.4 Å². The molecule has 0 spiro atoms. The lowest BCUT2D eigenvalue weighted by Gasteiger charge is -2.34. The van der Waals surface area contributed by atoms with Gasteiger partial charge in [-0.05, 0) is 60.9 Å². The Balaban J connectivity index is 1.29. The minimum atomic E-state index is -4.79. The quantitative estimate of drug-likeness (QED) is 0.292. The van der Waals surface area contributed by atoms with Gasteiger partial charge in [0.2, 0.25) is 15.8 Å². The summed E-state index contributed by atoms with van der Waals surface area (Å²) in [6.45, 7) is 1.48. The first kappa shape index (κ1) is 29.3. The van der Waals surface area contributed by atoms with E-state index in [0.29, 0.717) is 37.1 Å². The van der Waals surface area contributed by atoms with Crippen LogP contribution in [-0.2, 0) is 16.6 Å². The molecule has 0 atom stereocenters. The van der Waals surface area contributed by atoms with Crippen molar-refractivity contribution in [2.24, 2.45) is 0 Å². The molecule has 0 saturated carbocycles. The second-order valence-electron chi connectivity index (χ2n) is 10.1. The maximum Gasteiger partial charge on any atom is 0.573 e. The zero-order chi connectivity index (χ0) is 30.1. The summed E-state index contributed by atoms with van der Waals surface area (Å²) in [5.74, 6) is -0.0669. The fraction of sp³-hybridized carbons (Fsp3) is 0.321. The van der Waals surface area contributed by atoms with Crippen LogP contribution in [0.5, 0.6) is 5.75 Å². The monoisotopic (exact) mass is 603 g/mol. The molecule has 5 rings (SSSR count). The lowest BCUT2D eigenvalue weighted by molar-refractivity contribution is -0.274. The topological polar surface area (TPSA) is 111 Å². The summed E-state index contributed by atoms with van der Waals surface area (Å²) in [6.07, 6.45) is -2.13. The molecule has 1 saturated heterocycles. The summed E-state index contributed by atoms with van der Waals surface area (Å²) in [7, 11) is -0.192. The largest absolute Gasteiger partial charge is 0.573 e. The Morgan fingerprint density at radius 2 is 1.71 bits per heavy atom. The minimum absolute atomic E-state index is 0.138. The van der Waals surface area contributed by atoms with Gasteiger partial charge in [0, 0.05) is 50.7 Å². The van der Waals surface area contributed by atoms with E-state index in [2.05, 4.69) is 19.8 Å². The molecular formula is C28H28F3N5O5S. The minimum Gasteiger partial charge on any atom is -0.406 e. The van der Waals surface area contributed by atoms with E-state index in [4.69, 9.17) is 4.52 Å². The van der Waals surface area contributed by atoms with E-state index < -0.39 is 21.6 Å². The number of halogens is 3. The Bertz CT molecular complexity index is 1710. The third-order valence-electron chi connectivity index (χ3n) is 7.00. The molecule has 0 aliphatic carbocycles. The summed E-state index contributed by atoms with van der Waals surface area (Å²) in [5.41, 5.74) is 2.50. The number of sulfonamides is 1. The molecule has 2 aromatic carbocycles. The molecule has 10 nitrogen and oxygen atoms in total. The molecule has 1 aliphatic rings. The Morgan fingerprint density at radius 1 is 1.02 bits per heavy atom. The van der Waals surface area contributed by atoms with Crippen LogP contribution in [0.2, 0.25) is 0 Å². The van der Waals surface area contributed by atoms with Crippen LogP contribution in [0.1, 0.15) is 18.4 Å². The molecule has 0 N–H and O–H groups in total. The van der Waals surface area contributed by atoms with Crippen LogP contribution in [0.3, 0.4) is 0 Å². The standard InChI is InChI=1S/C28H28F3N5O5S/c1-34(2)42(38,39)24-12-14-35(15-13-24)22-5-3-4-19(16-22)17-36-18-21(8-11-25(36)37)27-32-26(33-41-27)20-6-9-23(10-7-20)40-28(29,30)31/h3-11,16,18,24H,12-15,17H2,1-2H3. The normalized spacial score (nSPS) is 14.9. The summed E-state index contributed by atoms with van der Waals surface area (Å²) < 4.78 is 74.3. The average molecular weight is 604 g/mol. The molecule has 1 aliphatic heterocycles. The number of hydrogen-bond donors (Lipinski definition) is 0. The van der Waals surface area contributed by atoms with Crippen molar-refractivity contribution in [3.05, 3.63) is 82.8 Å². The predicted molar refractivity (Wildman–Crippen MR) is 149 cm³/mol. The van der Waals surface area contributed by atoms with Crippen molar-refractivity contribution < 1.29 is 30.8 Å². The van der Waals surface area contributed by atoms with E-state index in [1.54, 1.807) is 26.4 Å². The van der Waals surface area contributed by atoms with E-state index in [-0.39, 0.29) is 29.6 Å². The third kappa shape index (κ3) is 6.65. The number of piperidine rings is 1. The molecule has 0 radical (unpaired) electrons. The Labute approximate surface area is 240 Å². The van der Waals surface area contributed by atoms with Gasteiger partial charge in [-0.3, -0.25) is 4.79 Å². The molecular weight excluding hydrogens is 575 g/mol. The second kappa shape index (κ2) is 11.6. The molecule has 3 heterocycles. The van der Waals surface area contributed by atoms with Crippen LogP contribution >= 0.6 is 0 Å². The zero-order valence-corrected chi connectivity index (χ0v) is 23.6. The van der Waals surface area contributed by atoms with Gasteiger partial charge < -0.3 is 18.7 Å². The van der Waals surface area contributed by atoms with Crippen molar-refractivity contribution in [2.45, 2.75) is 31.0 Å². The molecule has 4 aromatic rings. The van der Waals surface area contributed by atoms with Crippen molar-refractivity contribution in [2.75, 3.05) is 32.1 Å². The number of anilines is 1. The smallest absolute Gasteiger partial charge is 0.406 e. The number of rotatable bonds is 8. The number of pyridine rings is 1. The molecule has 0 unspecified atom stereocenters. The lowest BCUT2D eigenvalue weighted by Crippen LogP contribution is -2.43. The van der Waals surface area contributed by atoms with Crippen molar-refractivity contribution in [1.29, 1.82) is 0 Å². The average Bonchev–Trinajstić information content (AvgIpc) is 3.44. The maximum atomic E-state index is 12.7. The van der Waals surface area contributed by atoms with Crippen molar-refractivity contribution in [3.63, 3.8) is 0 Å². The van der Waals surface area contributed by atoms with Gasteiger partial charge in [0.1, 0.15) is 5.75 Å². The van der Waals surface area contributed by atoms with Gasteiger partial charge in [0.25, 0.3) is 11.4 Å². The molecule has 14 heteroatoms. The fourth-order valence-electron chi connectivity index (χ4n) is 4.80. The van der Waals surface area contributed by atoms with Crippen LogP contribution in [0.4, 0.5) is 18.9 Å². The van der Waals surface area contributed by atoms with Gasteiger partial charge >= 0.3 is 6.36 Å². The highest BCUT2D eigenvalue weighted by Crippen LogP contribution is 2.28. The van der Waals surface area contributed by atoms with Crippen molar-refractivity contribution >= 4 is 15.7 Å². The van der Waals surface area contributed by atoms with Gasteiger partial charge in [-0.15, -0.1) is 13.2 Å². The summed E-state index contributed by atoms with van der Waals surface area (Å²) in [6, 6.07) is 15.8. The zero-order valence-electron chi connectivity index (χ0n) is 22.8. The summed E-state index contributed by atoms with van der Waals surface area (Å²) in [4.78, 5) is 19.1. The Kier molecular flexibility index (Phi) is 8.10. The van der Waals surface area contributed by atoms with Crippen LogP contribution in [0.25, 0.3) is 22.8 Å². The number of nitrogens with zero attached hydrogens (tertiary/aromatic N) is 5. The molecule has 2 aromatic heterocycles. The third-order valence-corrected chi connectivity index (χ3v) is 9.34. The van der Waals surface area contributed by atoms with Crippen LogP contribution in [-0.4, -0.2) is 66.2 Å². The highest BCUT2D eigenvalue weighted by atomic mass is 32.2.